The van der Waals surface area contributed by atoms with Crippen molar-refractivity contribution in [2.45, 2.75) is 19.4 Å². The van der Waals surface area contributed by atoms with E-state index in [0.29, 0.717) is 12.4 Å². The lowest BCUT2D eigenvalue weighted by Gasteiger charge is -2.14. The van der Waals surface area contributed by atoms with Crippen molar-refractivity contribution in [1.82, 2.24) is 19.9 Å². The van der Waals surface area contributed by atoms with E-state index in [4.69, 9.17) is 0 Å². The minimum absolute atomic E-state index is 0.116. The van der Waals surface area contributed by atoms with Crippen LogP contribution < -0.4 is 5.32 Å². The van der Waals surface area contributed by atoms with Gasteiger partial charge >= 0.3 is 0 Å². The molecule has 0 aliphatic carbocycles. The van der Waals surface area contributed by atoms with Crippen molar-refractivity contribution >= 4 is 15.8 Å². The predicted octanol–water partition coefficient (Wildman–Crippen LogP) is 2.51. The Balaban J connectivity index is 1.73. The van der Waals surface area contributed by atoms with E-state index in [9.17, 15) is 8.42 Å². The molecule has 7 nitrogen and oxygen atoms in total. The standard InChI is InChI=1S/C19H19N5O2S/c1-13-2-4-14(5-3-13)18-17(15-8-20-12-21-9-15)10-22-19(24-18)23-16-6-7-27(25,26)11-16/h2-5,8-10,12,16H,6-7,11H2,1H3,(H,22,23,24). The van der Waals surface area contributed by atoms with E-state index in [1.54, 1.807) is 18.6 Å². The maximum Gasteiger partial charge on any atom is 0.223 e. The van der Waals surface area contributed by atoms with Crippen molar-refractivity contribution in [3.05, 3.63) is 54.7 Å². The average Bonchev–Trinajstić information content (AvgIpc) is 3.01. The average molecular weight is 381 g/mol. The number of sulfone groups is 1. The molecular formula is C19H19N5O2S. The van der Waals surface area contributed by atoms with Gasteiger partial charge in [-0.1, -0.05) is 29.8 Å². The fourth-order valence-electron chi connectivity index (χ4n) is 3.12. The zero-order valence-corrected chi connectivity index (χ0v) is 15.6. The van der Waals surface area contributed by atoms with Gasteiger partial charge in [0, 0.05) is 41.3 Å². The molecular weight excluding hydrogens is 362 g/mol. The van der Waals surface area contributed by atoms with Crippen LogP contribution in [0.3, 0.4) is 0 Å². The number of hydrogen-bond donors (Lipinski definition) is 1. The van der Waals surface area contributed by atoms with Crippen LogP contribution in [-0.2, 0) is 9.84 Å². The van der Waals surface area contributed by atoms with E-state index < -0.39 is 9.84 Å². The monoisotopic (exact) mass is 381 g/mol. The van der Waals surface area contributed by atoms with Gasteiger partial charge < -0.3 is 5.32 Å². The number of aromatic nitrogens is 4. The zero-order chi connectivity index (χ0) is 18.9. The highest BCUT2D eigenvalue weighted by Crippen LogP contribution is 2.30. The van der Waals surface area contributed by atoms with Crippen LogP contribution in [0.25, 0.3) is 22.4 Å². The van der Waals surface area contributed by atoms with Crippen LogP contribution in [0.1, 0.15) is 12.0 Å². The van der Waals surface area contributed by atoms with Gasteiger partial charge in [-0.3, -0.25) is 0 Å². The molecule has 2 aromatic heterocycles. The lowest BCUT2D eigenvalue weighted by atomic mass is 10.0. The number of nitrogens with one attached hydrogen (secondary N) is 1. The van der Waals surface area contributed by atoms with E-state index in [1.165, 1.54) is 6.33 Å². The molecule has 3 aromatic rings. The molecule has 0 radical (unpaired) electrons. The first-order valence-electron chi connectivity index (χ1n) is 8.67. The summed E-state index contributed by atoms with van der Waals surface area (Å²) >= 11 is 0. The second-order valence-corrected chi connectivity index (χ2v) is 8.92. The van der Waals surface area contributed by atoms with Gasteiger partial charge in [0.25, 0.3) is 0 Å². The van der Waals surface area contributed by atoms with Gasteiger partial charge in [0.05, 0.1) is 17.2 Å². The Labute approximate surface area is 157 Å². The van der Waals surface area contributed by atoms with Gasteiger partial charge in [0.2, 0.25) is 5.95 Å². The number of nitrogens with zero attached hydrogens (tertiary/aromatic N) is 4. The fourth-order valence-corrected chi connectivity index (χ4v) is 4.80. The quantitative estimate of drug-likeness (QED) is 0.741. The van der Waals surface area contributed by atoms with Crippen LogP contribution in [0, 0.1) is 6.92 Å². The molecule has 0 bridgehead atoms. The van der Waals surface area contributed by atoms with Gasteiger partial charge in [0.15, 0.2) is 9.84 Å². The molecule has 27 heavy (non-hydrogen) atoms. The van der Waals surface area contributed by atoms with Crippen LogP contribution in [0.15, 0.2) is 49.2 Å². The van der Waals surface area contributed by atoms with Crippen LogP contribution >= 0.6 is 0 Å². The smallest absolute Gasteiger partial charge is 0.223 e. The van der Waals surface area contributed by atoms with Crippen molar-refractivity contribution in [2.75, 3.05) is 16.8 Å². The largest absolute Gasteiger partial charge is 0.350 e. The Kier molecular flexibility index (Phi) is 4.57. The lowest BCUT2D eigenvalue weighted by Crippen LogP contribution is -2.22. The van der Waals surface area contributed by atoms with Crippen molar-refractivity contribution in [1.29, 1.82) is 0 Å². The number of aryl methyl sites for hydroxylation is 1. The lowest BCUT2D eigenvalue weighted by molar-refractivity contribution is 0.602. The number of benzene rings is 1. The Morgan fingerprint density at radius 2 is 1.78 bits per heavy atom. The Hall–Kier alpha value is -2.87. The van der Waals surface area contributed by atoms with Gasteiger partial charge in [-0.05, 0) is 13.3 Å². The van der Waals surface area contributed by atoms with E-state index in [-0.39, 0.29) is 17.5 Å². The summed E-state index contributed by atoms with van der Waals surface area (Å²) in [6, 6.07) is 7.91. The minimum atomic E-state index is -2.97. The van der Waals surface area contributed by atoms with Gasteiger partial charge in [-0.15, -0.1) is 0 Å². The molecule has 8 heteroatoms. The fraction of sp³-hybridized carbons (Fsp3) is 0.263. The first-order valence-corrected chi connectivity index (χ1v) is 10.5. The third-order valence-electron chi connectivity index (χ3n) is 4.55. The van der Waals surface area contributed by atoms with Gasteiger partial charge in [0.1, 0.15) is 6.33 Å². The number of anilines is 1. The molecule has 1 fully saturated rings. The van der Waals surface area contributed by atoms with Crippen molar-refractivity contribution in [2.24, 2.45) is 0 Å². The molecule has 138 valence electrons. The Bertz CT molecular complexity index is 1050. The Morgan fingerprint density at radius 1 is 1.04 bits per heavy atom. The summed E-state index contributed by atoms with van der Waals surface area (Å²) in [6.45, 7) is 2.03. The first-order chi connectivity index (χ1) is 13.0. The molecule has 1 saturated heterocycles. The summed E-state index contributed by atoms with van der Waals surface area (Å²) in [5.74, 6) is 0.743. The molecule has 1 unspecified atom stereocenters. The highest BCUT2D eigenvalue weighted by atomic mass is 32.2. The highest BCUT2D eigenvalue weighted by molar-refractivity contribution is 7.91. The summed E-state index contributed by atoms with van der Waals surface area (Å²) in [7, 11) is -2.97. The second kappa shape index (κ2) is 7.03. The minimum Gasteiger partial charge on any atom is -0.350 e. The maximum absolute atomic E-state index is 11.7. The van der Waals surface area contributed by atoms with Crippen LogP contribution in [0.4, 0.5) is 5.95 Å². The summed E-state index contributed by atoms with van der Waals surface area (Å²) in [4.78, 5) is 17.3. The van der Waals surface area contributed by atoms with Crippen LogP contribution in [0.2, 0.25) is 0 Å². The summed E-state index contributed by atoms with van der Waals surface area (Å²) < 4.78 is 23.4. The molecule has 0 amide bonds. The highest BCUT2D eigenvalue weighted by Gasteiger charge is 2.28. The third kappa shape index (κ3) is 3.95. The summed E-state index contributed by atoms with van der Waals surface area (Å²) in [5.41, 5.74) is 4.51. The Morgan fingerprint density at radius 3 is 2.44 bits per heavy atom. The molecule has 0 saturated carbocycles. The number of hydrogen-bond acceptors (Lipinski definition) is 7. The van der Waals surface area contributed by atoms with E-state index in [1.807, 2.05) is 31.2 Å². The molecule has 4 rings (SSSR count). The van der Waals surface area contributed by atoms with E-state index in [0.717, 1.165) is 27.9 Å². The maximum atomic E-state index is 11.7. The molecule has 0 spiro atoms. The normalized spacial score (nSPS) is 18.3. The topological polar surface area (TPSA) is 97.7 Å². The third-order valence-corrected chi connectivity index (χ3v) is 6.32. The van der Waals surface area contributed by atoms with Gasteiger partial charge in [-0.2, -0.15) is 0 Å². The number of rotatable bonds is 4. The molecule has 1 aliphatic rings. The molecule has 3 heterocycles. The summed E-state index contributed by atoms with van der Waals surface area (Å²) in [5, 5.41) is 3.16. The molecule has 1 aromatic carbocycles. The van der Waals surface area contributed by atoms with Crippen LogP contribution in [0.5, 0.6) is 0 Å². The zero-order valence-electron chi connectivity index (χ0n) is 14.8. The van der Waals surface area contributed by atoms with Crippen molar-refractivity contribution in [3.63, 3.8) is 0 Å². The SMILES string of the molecule is Cc1ccc(-c2nc(NC3CCS(=O)(=O)C3)ncc2-c2cncnc2)cc1. The molecule has 1 atom stereocenters. The van der Waals surface area contributed by atoms with Crippen LogP contribution in [-0.4, -0.2) is 45.9 Å². The van der Waals surface area contributed by atoms with E-state index >= 15 is 0 Å². The molecule has 1 N–H and O–H groups in total. The van der Waals surface area contributed by atoms with E-state index in [2.05, 4.69) is 25.3 Å². The summed E-state index contributed by atoms with van der Waals surface area (Å²) in [6.07, 6.45) is 7.22. The predicted molar refractivity (Wildman–Crippen MR) is 104 cm³/mol. The van der Waals surface area contributed by atoms with Crippen molar-refractivity contribution in [3.8, 4) is 22.4 Å². The first kappa shape index (κ1) is 17.5. The van der Waals surface area contributed by atoms with Gasteiger partial charge in [-0.25, -0.2) is 28.4 Å². The van der Waals surface area contributed by atoms with Crippen molar-refractivity contribution < 1.29 is 8.42 Å². The second-order valence-electron chi connectivity index (χ2n) is 6.69. The molecule has 1 aliphatic heterocycles.